The number of pyridine rings is 1. The zero-order chi connectivity index (χ0) is 16.9. The Morgan fingerprint density at radius 3 is 2.68 bits per heavy atom. The Morgan fingerprint density at radius 1 is 1.32 bits per heavy atom. The highest BCUT2D eigenvalue weighted by molar-refractivity contribution is 5.85. The molecule has 1 saturated heterocycles. The summed E-state index contributed by atoms with van der Waals surface area (Å²) in [5, 5.41) is 6.69. The minimum atomic E-state index is -0.493. The van der Waals surface area contributed by atoms with E-state index in [1.807, 2.05) is 32.3 Å². The summed E-state index contributed by atoms with van der Waals surface area (Å²) in [6.07, 6.45) is 5.94. The van der Waals surface area contributed by atoms with Crippen molar-refractivity contribution < 1.29 is 4.79 Å². The van der Waals surface area contributed by atoms with Gasteiger partial charge in [-0.1, -0.05) is 6.07 Å². The first-order chi connectivity index (χ1) is 11.5. The molecule has 1 amide bonds. The molecule has 0 spiro atoms. The first-order valence-electron chi connectivity index (χ1n) is 8.91. The number of rotatable bonds is 3. The van der Waals surface area contributed by atoms with Gasteiger partial charge in [-0.05, 0) is 70.2 Å². The van der Waals surface area contributed by atoms with E-state index >= 15 is 0 Å². The summed E-state index contributed by atoms with van der Waals surface area (Å²) in [4.78, 5) is 17.4. The van der Waals surface area contributed by atoms with Crippen molar-refractivity contribution in [2.24, 2.45) is 17.8 Å². The quantitative estimate of drug-likeness (QED) is 0.882. The lowest BCUT2D eigenvalue weighted by Gasteiger charge is -2.27. The first-order valence-corrected chi connectivity index (χ1v) is 8.91. The second kappa shape index (κ2) is 6.61. The third-order valence-electron chi connectivity index (χ3n) is 5.80. The van der Waals surface area contributed by atoms with E-state index in [4.69, 9.17) is 0 Å². The van der Waals surface area contributed by atoms with Gasteiger partial charge in [0, 0.05) is 12.1 Å². The van der Waals surface area contributed by atoms with Crippen LogP contribution in [0, 0.1) is 24.7 Å². The number of aryl methyl sites for hydroxylation is 1. The summed E-state index contributed by atoms with van der Waals surface area (Å²) >= 11 is 0. The van der Waals surface area contributed by atoms with Crippen LogP contribution in [0.4, 0.5) is 0 Å². The summed E-state index contributed by atoms with van der Waals surface area (Å²) in [6.45, 7) is 8.31. The fourth-order valence-electron chi connectivity index (χ4n) is 4.47. The lowest BCUT2D eigenvalue weighted by atomic mass is 9.99. The molecule has 3 heterocycles. The summed E-state index contributed by atoms with van der Waals surface area (Å²) in [5.41, 5.74) is 1.79. The predicted octanol–water partition coefficient (Wildman–Crippen LogP) is 2.66. The third kappa shape index (κ3) is 3.15. The van der Waals surface area contributed by atoms with Gasteiger partial charge in [0.2, 0.25) is 5.91 Å². The van der Waals surface area contributed by atoms with Crippen LogP contribution in [0.5, 0.6) is 0 Å². The predicted molar refractivity (Wildman–Crippen MR) is 101 cm³/mol. The van der Waals surface area contributed by atoms with Gasteiger partial charge in [-0.15, -0.1) is 12.4 Å². The van der Waals surface area contributed by atoms with Gasteiger partial charge in [0.1, 0.15) is 5.82 Å². The van der Waals surface area contributed by atoms with Crippen LogP contribution in [0.3, 0.4) is 0 Å². The van der Waals surface area contributed by atoms with Crippen molar-refractivity contribution in [3.63, 3.8) is 0 Å². The molecule has 1 aliphatic heterocycles. The molecule has 2 N–H and O–H groups in total. The highest BCUT2D eigenvalue weighted by Crippen LogP contribution is 2.39. The number of carbonyl (C=O) groups excluding carboxylic acids is 1. The SMILES string of the molecule is Cc1cccn2c(C(C)(C)NC(=O)C3CC4CNC[C@H]4C3)ncc12.Cl. The van der Waals surface area contributed by atoms with Crippen LogP contribution >= 0.6 is 12.4 Å². The molecule has 136 valence electrons. The average Bonchev–Trinajstić information content (AvgIpc) is 3.21. The monoisotopic (exact) mass is 362 g/mol. The smallest absolute Gasteiger partial charge is 0.223 e. The lowest BCUT2D eigenvalue weighted by Crippen LogP contribution is -2.45. The van der Waals surface area contributed by atoms with Crippen molar-refractivity contribution in [3.8, 4) is 0 Å². The van der Waals surface area contributed by atoms with Crippen LogP contribution in [0.1, 0.15) is 38.1 Å². The molecule has 2 aromatic heterocycles. The van der Waals surface area contributed by atoms with Crippen molar-refractivity contribution in [2.75, 3.05) is 13.1 Å². The van der Waals surface area contributed by atoms with Crippen molar-refractivity contribution in [2.45, 2.75) is 39.2 Å². The molecular formula is C19H27ClN4O. The fraction of sp³-hybridized carbons (Fsp3) is 0.579. The normalized spacial score (nSPS) is 25.6. The molecule has 25 heavy (non-hydrogen) atoms. The molecule has 4 rings (SSSR count). The maximum absolute atomic E-state index is 12.8. The summed E-state index contributed by atoms with van der Waals surface area (Å²) < 4.78 is 2.09. The van der Waals surface area contributed by atoms with Crippen LogP contribution in [-0.2, 0) is 10.3 Å². The van der Waals surface area contributed by atoms with Gasteiger partial charge < -0.3 is 15.0 Å². The van der Waals surface area contributed by atoms with E-state index in [1.165, 1.54) is 5.56 Å². The Hall–Kier alpha value is -1.59. The van der Waals surface area contributed by atoms with Crippen molar-refractivity contribution in [1.82, 2.24) is 20.0 Å². The van der Waals surface area contributed by atoms with Gasteiger partial charge in [-0.3, -0.25) is 4.79 Å². The van der Waals surface area contributed by atoms with Gasteiger partial charge in [-0.2, -0.15) is 0 Å². The molecule has 1 aliphatic carbocycles. The van der Waals surface area contributed by atoms with Gasteiger partial charge in [0.15, 0.2) is 0 Å². The average molecular weight is 363 g/mol. The second-order valence-electron chi connectivity index (χ2n) is 7.99. The highest BCUT2D eigenvalue weighted by Gasteiger charge is 2.41. The third-order valence-corrected chi connectivity index (χ3v) is 5.80. The Labute approximate surface area is 155 Å². The number of fused-ring (bicyclic) bond motifs is 2. The number of nitrogens with zero attached hydrogens (tertiary/aromatic N) is 2. The maximum Gasteiger partial charge on any atom is 0.223 e. The van der Waals surface area contributed by atoms with E-state index in [0.29, 0.717) is 11.8 Å². The molecular weight excluding hydrogens is 336 g/mol. The number of amides is 1. The Balaban J connectivity index is 0.00000182. The van der Waals surface area contributed by atoms with Gasteiger partial charge in [0.25, 0.3) is 0 Å². The molecule has 2 aliphatic rings. The molecule has 0 aromatic carbocycles. The molecule has 2 unspecified atom stereocenters. The van der Waals surface area contributed by atoms with E-state index in [1.54, 1.807) is 0 Å². The van der Waals surface area contributed by atoms with Crippen LogP contribution in [-0.4, -0.2) is 28.4 Å². The number of hydrogen-bond acceptors (Lipinski definition) is 3. The van der Waals surface area contributed by atoms with Crippen molar-refractivity contribution in [1.29, 1.82) is 0 Å². The molecule has 2 aromatic rings. The highest BCUT2D eigenvalue weighted by atomic mass is 35.5. The van der Waals surface area contributed by atoms with E-state index in [-0.39, 0.29) is 24.2 Å². The summed E-state index contributed by atoms with van der Waals surface area (Å²) in [7, 11) is 0. The number of nitrogens with one attached hydrogen (secondary N) is 2. The number of hydrogen-bond donors (Lipinski definition) is 2. The van der Waals surface area contributed by atoms with E-state index in [2.05, 4.69) is 33.0 Å². The van der Waals surface area contributed by atoms with Gasteiger partial charge >= 0.3 is 0 Å². The molecule has 0 radical (unpaired) electrons. The molecule has 3 atom stereocenters. The molecule has 2 fully saturated rings. The Kier molecular flexibility index (Phi) is 4.82. The standard InChI is InChI=1S/C19H26N4O.ClH/c1-12-5-4-6-23-16(12)11-21-18(23)19(2,3)22-17(24)13-7-14-9-20-10-15(14)8-13;/h4-6,11,13-15,20H,7-10H2,1-3H3,(H,22,24);1H/t13?,14-,15?;/m1./s1. The second-order valence-corrected chi connectivity index (χ2v) is 7.99. The first kappa shape index (κ1) is 18.2. The van der Waals surface area contributed by atoms with E-state index in [9.17, 15) is 4.79 Å². The zero-order valence-electron chi connectivity index (χ0n) is 15.1. The van der Waals surface area contributed by atoms with Gasteiger partial charge in [-0.25, -0.2) is 4.98 Å². The minimum Gasteiger partial charge on any atom is -0.344 e. The molecule has 0 bridgehead atoms. The Morgan fingerprint density at radius 2 is 2.00 bits per heavy atom. The number of imidazole rings is 1. The van der Waals surface area contributed by atoms with Crippen molar-refractivity contribution >= 4 is 23.8 Å². The summed E-state index contributed by atoms with van der Waals surface area (Å²) in [6, 6.07) is 4.11. The molecule has 6 heteroatoms. The number of halogens is 1. The maximum atomic E-state index is 12.8. The van der Waals surface area contributed by atoms with Crippen LogP contribution in [0.15, 0.2) is 24.5 Å². The van der Waals surface area contributed by atoms with Crippen LogP contribution in [0.2, 0.25) is 0 Å². The lowest BCUT2D eigenvalue weighted by molar-refractivity contribution is -0.126. The number of aromatic nitrogens is 2. The van der Waals surface area contributed by atoms with Gasteiger partial charge in [0.05, 0.1) is 17.3 Å². The topological polar surface area (TPSA) is 58.4 Å². The molecule has 1 saturated carbocycles. The van der Waals surface area contributed by atoms with E-state index < -0.39 is 5.54 Å². The largest absolute Gasteiger partial charge is 0.344 e. The summed E-state index contributed by atoms with van der Waals surface area (Å²) in [5.74, 6) is 2.57. The van der Waals surface area contributed by atoms with Crippen LogP contribution in [0.25, 0.3) is 5.52 Å². The zero-order valence-corrected chi connectivity index (χ0v) is 15.9. The number of carbonyl (C=O) groups is 1. The Bertz CT molecular complexity index is 773. The minimum absolute atomic E-state index is 0. The van der Waals surface area contributed by atoms with E-state index in [0.717, 1.165) is 37.3 Å². The van der Waals surface area contributed by atoms with Crippen molar-refractivity contribution in [3.05, 3.63) is 35.9 Å². The molecule has 5 nitrogen and oxygen atoms in total. The fourth-order valence-corrected chi connectivity index (χ4v) is 4.47. The van der Waals surface area contributed by atoms with Crippen LogP contribution < -0.4 is 10.6 Å².